The van der Waals surface area contributed by atoms with E-state index in [9.17, 15) is 0 Å². The molecule has 0 spiro atoms. The van der Waals surface area contributed by atoms with Gasteiger partial charge in [0, 0.05) is 16.2 Å². The van der Waals surface area contributed by atoms with E-state index < -0.39 is 36.3 Å². The predicted octanol–water partition coefficient (Wildman–Crippen LogP) is 12.0. The number of fused-ring (bicyclic) bond motifs is 7. The molecule has 1 nitrogen and oxygen atoms in total. The minimum absolute atomic E-state index is 0.111. The molecule has 0 bridgehead atoms. The highest BCUT2D eigenvalue weighted by Crippen LogP contribution is 2.45. The standard InChI is InChI=1S/C42H26O/c1-3-13-27(14-4-1)36-26-38-37-25-29(23-24-39(37)43-42(38)35-22-12-7-17-30(35)36)41-33-20-10-8-18-31(33)40(28-15-5-2-6-16-28)32-19-9-11-21-34(32)41/h1-26H/i1D,2D,3D,4D,5D,6D,13D,14D,15D,16D. The van der Waals surface area contributed by atoms with Crippen LogP contribution in [0.25, 0.3) is 87.6 Å². The molecule has 9 rings (SSSR count). The highest BCUT2D eigenvalue weighted by molar-refractivity contribution is 6.23. The van der Waals surface area contributed by atoms with Crippen LogP contribution in [-0.4, -0.2) is 0 Å². The Morgan fingerprint density at radius 3 is 1.51 bits per heavy atom. The molecule has 9 aromatic rings. The van der Waals surface area contributed by atoms with Crippen molar-refractivity contribution in [2.24, 2.45) is 0 Å². The highest BCUT2D eigenvalue weighted by atomic mass is 16.3. The second-order valence-electron chi connectivity index (χ2n) is 10.5. The van der Waals surface area contributed by atoms with Gasteiger partial charge in [0.05, 0.1) is 13.7 Å². The van der Waals surface area contributed by atoms with E-state index in [4.69, 9.17) is 18.1 Å². The minimum atomic E-state index is -0.454. The summed E-state index contributed by atoms with van der Waals surface area (Å²) in [6.07, 6.45) is 0. The molecular weight excluding hydrogens is 520 g/mol. The van der Waals surface area contributed by atoms with Gasteiger partial charge in [-0.1, -0.05) is 139 Å². The third-order valence-electron chi connectivity index (χ3n) is 8.22. The zero-order valence-electron chi connectivity index (χ0n) is 32.6. The first-order valence-corrected chi connectivity index (χ1v) is 14.0. The van der Waals surface area contributed by atoms with E-state index in [1.807, 2.05) is 97.1 Å². The van der Waals surface area contributed by atoms with Crippen molar-refractivity contribution in [3.63, 3.8) is 0 Å². The summed E-state index contributed by atoms with van der Waals surface area (Å²) in [7, 11) is 0. The van der Waals surface area contributed by atoms with E-state index in [0.29, 0.717) is 33.1 Å². The third-order valence-corrected chi connectivity index (χ3v) is 8.22. The lowest BCUT2D eigenvalue weighted by atomic mass is 9.85. The molecule has 1 heterocycles. The van der Waals surface area contributed by atoms with Gasteiger partial charge in [0.1, 0.15) is 11.2 Å². The van der Waals surface area contributed by atoms with Crippen LogP contribution < -0.4 is 0 Å². The summed E-state index contributed by atoms with van der Waals surface area (Å²) in [6, 6.07) is 26.9. The van der Waals surface area contributed by atoms with E-state index in [0.717, 1.165) is 43.4 Å². The Bertz CT molecular complexity index is 2960. The van der Waals surface area contributed by atoms with Gasteiger partial charge in [-0.15, -0.1) is 0 Å². The summed E-state index contributed by atoms with van der Waals surface area (Å²) in [5, 5.41) is 6.02. The first-order chi connectivity index (χ1) is 25.5. The van der Waals surface area contributed by atoms with Gasteiger partial charge in [-0.25, -0.2) is 0 Å². The maximum Gasteiger partial charge on any atom is 0.143 e. The number of hydrogen-bond donors (Lipinski definition) is 0. The SMILES string of the molecule is [2H]c1c([2H])c([2H])c(-c2c3ccccc3c(-c3ccc4oc5c6ccccc6c(-c6c([2H])c([2H])c([2H])c([2H])c6[2H])cc5c4c3)c3ccccc23)c([2H])c1[2H]. The molecule has 0 fully saturated rings. The van der Waals surface area contributed by atoms with Crippen LogP contribution in [0.5, 0.6) is 0 Å². The molecule has 1 aromatic heterocycles. The zero-order chi connectivity index (χ0) is 37.0. The Morgan fingerprint density at radius 2 is 0.907 bits per heavy atom. The monoisotopic (exact) mass is 556 g/mol. The fourth-order valence-electron chi connectivity index (χ4n) is 6.43. The Kier molecular flexibility index (Phi) is 3.53. The van der Waals surface area contributed by atoms with Crippen molar-refractivity contribution >= 4 is 54.3 Å². The van der Waals surface area contributed by atoms with Crippen LogP contribution in [0.4, 0.5) is 0 Å². The Labute approximate surface area is 263 Å². The fraction of sp³-hybridized carbons (Fsp3) is 0. The van der Waals surface area contributed by atoms with Gasteiger partial charge in [0.15, 0.2) is 0 Å². The van der Waals surface area contributed by atoms with Gasteiger partial charge in [-0.05, 0) is 78.5 Å². The molecule has 43 heavy (non-hydrogen) atoms. The molecule has 0 aliphatic carbocycles. The second kappa shape index (κ2) is 9.44. The zero-order valence-corrected chi connectivity index (χ0v) is 22.6. The average molecular weight is 557 g/mol. The maximum atomic E-state index is 8.85. The summed E-state index contributed by atoms with van der Waals surface area (Å²) < 4.78 is 91.6. The van der Waals surface area contributed by atoms with Gasteiger partial charge in [0.25, 0.3) is 0 Å². The summed E-state index contributed by atoms with van der Waals surface area (Å²) in [5.41, 5.74) is 4.25. The van der Waals surface area contributed by atoms with Crippen LogP contribution in [0.1, 0.15) is 13.7 Å². The van der Waals surface area contributed by atoms with E-state index in [-0.39, 0.29) is 35.3 Å². The second-order valence-corrected chi connectivity index (χ2v) is 10.5. The van der Waals surface area contributed by atoms with Crippen LogP contribution in [0.3, 0.4) is 0 Å². The molecule has 0 aliphatic rings. The van der Waals surface area contributed by atoms with E-state index in [1.165, 1.54) is 0 Å². The van der Waals surface area contributed by atoms with Crippen molar-refractivity contribution in [1.82, 2.24) is 0 Å². The number of benzene rings is 8. The van der Waals surface area contributed by atoms with Crippen molar-refractivity contribution in [2.45, 2.75) is 0 Å². The van der Waals surface area contributed by atoms with E-state index >= 15 is 0 Å². The molecular formula is C42H26O. The Hall–Kier alpha value is -5.66. The lowest BCUT2D eigenvalue weighted by Gasteiger charge is -2.17. The van der Waals surface area contributed by atoms with Gasteiger partial charge in [-0.3, -0.25) is 0 Å². The third kappa shape index (κ3) is 3.65. The maximum absolute atomic E-state index is 8.85. The van der Waals surface area contributed by atoms with Gasteiger partial charge in [-0.2, -0.15) is 0 Å². The molecule has 0 saturated carbocycles. The van der Waals surface area contributed by atoms with Crippen LogP contribution >= 0.6 is 0 Å². The number of hydrogen-bond acceptors (Lipinski definition) is 1. The highest BCUT2D eigenvalue weighted by Gasteiger charge is 2.19. The summed E-state index contributed by atoms with van der Waals surface area (Å²) in [5.74, 6) is 0. The predicted molar refractivity (Wildman–Crippen MR) is 183 cm³/mol. The minimum Gasteiger partial charge on any atom is -0.455 e. The lowest BCUT2D eigenvalue weighted by molar-refractivity contribution is 0.673. The normalized spacial score (nSPS) is 15.0. The van der Waals surface area contributed by atoms with Crippen molar-refractivity contribution in [1.29, 1.82) is 0 Å². The Morgan fingerprint density at radius 1 is 0.395 bits per heavy atom. The smallest absolute Gasteiger partial charge is 0.143 e. The first-order valence-electron chi connectivity index (χ1n) is 19.0. The topological polar surface area (TPSA) is 13.1 Å². The molecule has 0 aliphatic heterocycles. The number of rotatable bonds is 3. The quantitative estimate of drug-likeness (QED) is 0.197. The summed E-state index contributed by atoms with van der Waals surface area (Å²) in [6.45, 7) is 0. The summed E-state index contributed by atoms with van der Waals surface area (Å²) >= 11 is 0. The van der Waals surface area contributed by atoms with E-state index in [1.54, 1.807) is 0 Å². The van der Waals surface area contributed by atoms with Crippen LogP contribution in [-0.2, 0) is 0 Å². The first kappa shape index (κ1) is 16.1. The molecule has 0 unspecified atom stereocenters. The van der Waals surface area contributed by atoms with Crippen LogP contribution in [0.15, 0.2) is 162 Å². The van der Waals surface area contributed by atoms with Crippen molar-refractivity contribution in [3.05, 3.63) is 157 Å². The molecule has 200 valence electrons. The van der Waals surface area contributed by atoms with Crippen molar-refractivity contribution < 1.29 is 18.1 Å². The Balaban J connectivity index is 1.38. The average Bonchev–Trinajstić information content (AvgIpc) is 3.55. The molecule has 0 N–H and O–H groups in total. The number of furan rings is 1. The molecule has 8 aromatic carbocycles. The van der Waals surface area contributed by atoms with Crippen molar-refractivity contribution in [3.8, 4) is 33.4 Å². The van der Waals surface area contributed by atoms with Gasteiger partial charge < -0.3 is 4.42 Å². The van der Waals surface area contributed by atoms with Gasteiger partial charge in [0.2, 0.25) is 0 Å². The fourth-order valence-corrected chi connectivity index (χ4v) is 6.43. The largest absolute Gasteiger partial charge is 0.455 e. The molecule has 0 amide bonds. The lowest BCUT2D eigenvalue weighted by Crippen LogP contribution is -1.90. The van der Waals surface area contributed by atoms with Crippen LogP contribution in [0, 0.1) is 0 Å². The van der Waals surface area contributed by atoms with Crippen molar-refractivity contribution in [2.75, 3.05) is 0 Å². The van der Waals surface area contributed by atoms with E-state index in [2.05, 4.69) is 0 Å². The molecule has 1 heteroatoms. The molecule has 0 atom stereocenters. The molecule has 0 radical (unpaired) electrons. The van der Waals surface area contributed by atoms with Crippen LogP contribution in [0.2, 0.25) is 0 Å². The van der Waals surface area contributed by atoms with Gasteiger partial charge >= 0.3 is 0 Å². The molecule has 0 saturated heterocycles. The summed E-state index contributed by atoms with van der Waals surface area (Å²) in [4.78, 5) is 0.